The van der Waals surface area contributed by atoms with Crippen molar-refractivity contribution >= 4 is 5.78 Å². The van der Waals surface area contributed by atoms with E-state index in [0.29, 0.717) is 17.5 Å². The van der Waals surface area contributed by atoms with E-state index >= 15 is 0 Å². The predicted molar refractivity (Wildman–Crippen MR) is 60.1 cm³/mol. The molecular weight excluding hydrogens is 206 g/mol. The molecule has 0 saturated heterocycles. The van der Waals surface area contributed by atoms with E-state index in [4.69, 9.17) is 9.47 Å². The molecule has 0 amide bonds. The van der Waals surface area contributed by atoms with Crippen LogP contribution in [-0.4, -0.2) is 28.6 Å². The molecule has 0 spiro atoms. The lowest BCUT2D eigenvalue weighted by molar-refractivity contribution is 0.369. The molecular formula is C11H15N3O2. The Morgan fingerprint density at radius 3 is 2.69 bits per heavy atom. The van der Waals surface area contributed by atoms with Gasteiger partial charge in [0, 0.05) is 6.20 Å². The predicted octanol–water partition coefficient (Wildman–Crippen LogP) is 1.70. The van der Waals surface area contributed by atoms with E-state index in [1.54, 1.807) is 20.3 Å². The molecule has 5 nitrogen and oxygen atoms in total. The summed E-state index contributed by atoms with van der Waals surface area (Å²) in [5, 5.41) is 0. The molecule has 0 radical (unpaired) electrons. The number of hydrogen-bond donors (Lipinski definition) is 0. The second kappa shape index (κ2) is 4.38. The van der Waals surface area contributed by atoms with Crippen molar-refractivity contribution in [3.8, 4) is 11.8 Å². The van der Waals surface area contributed by atoms with Crippen LogP contribution in [0.2, 0.25) is 0 Å². The number of methoxy groups -OCH3 is 2. The van der Waals surface area contributed by atoms with E-state index < -0.39 is 0 Å². The van der Waals surface area contributed by atoms with Crippen LogP contribution < -0.4 is 9.47 Å². The maximum Gasteiger partial charge on any atom is 0.240 e. The van der Waals surface area contributed by atoms with Gasteiger partial charge >= 0.3 is 0 Å². The lowest BCUT2D eigenvalue weighted by Gasteiger charge is -2.04. The zero-order chi connectivity index (χ0) is 11.5. The third-order valence-electron chi connectivity index (χ3n) is 2.36. The van der Waals surface area contributed by atoms with Gasteiger partial charge in [-0.15, -0.1) is 0 Å². The molecule has 0 aromatic carbocycles. The van der Waals surface area contributed by atoms with Gasteiger partial charge in [0.25, 0.3) is 0 Å². The van der Waals surface area contributed by atoms with Gasteiger partial charge in [-0.1, -0.05) is 13.3 Å². The largest absolute Gasteiger partial charge is 0.482 e. The van der Waals surface area contributed by atoms with Crippen molar-refractivity contribution in [1.82, 2.24) is 14.4 Å². The summed E-state index contributed by atoms with van der Waals surface area (Å²) in [7, 11) is 3.20. The fourth-order valence-corrected chi connectivity index (χ4v) is 1.60. The van der Waals surface area contributed by atoms with Crippen molar-refractivity contribution in [2.45, 2.75) is 19.8 Å². The summed E-state index contributed by atoms with van der Waals surface area (Å²) in [6, 6.07) is 1.74. The average molecular weight is 221 g/mol. The lowest BCUT2D eigenvalue weighted by Crippen LogP contribution is -1.97. The van der Waals surface area contributed by atoms with Gasteiger partial charge in [0.2, 0.25) is 17.5 Å². The molecule has 0 aliphatic carbocycles. The molecule has 0 unspecified atom stereocenters. The normalized spacial score (nSPS) is 10.7. The Hall–Kier alpha value is -1.78. The number of hydrogen-bond acceptors (Lipinski definition) is 4. The van der Waals surface area contributed by atoms with Crippen LogP contribution in [0.5, 0.6) is 11.8 Å². The Morgan fingerprint density at radius 1 is 1.25 bits per heavy atom. The molecule has 16 heavy (non-hydrogen) atoms. The fraction of sp³-hybridized carbons (Fsp3) is 0.455. The lowest BCUT2D eigenvalue weighted by atomic mass is 10.3. The van der Waals surface area contributed by atoms with Crippen LogP contribution in [0.3, 0.4) is 0 Å². The molecule has 0 atom stereocenters. The third-order valence-corrected chi connectivity index (χ3v) is 2.36. The Labute approximate surface area is 94.0 Å². The number of imidazole rings is 1. The van der Waals surface area contributed by atoms with Gasteiger partial charge in [0.15, 0.2) is 0 Å². The third kappa shape index (κ3) is 1.80. The highest BCUT2D eigenvalue weighted by atomic mass is 16.5. The summed E-state index contributed by atoms with van der Waals surface area (Å²) in [5.41, 5.74) is 1.02. The summed E-state index contributed by atoms with van der Waals surface area (Å²) in [6.45, 7) is 2.12. The van der Waals surface area contributed by atoms with E-state index in [0.717, 1.165) is 18.5 Å². The fourth-order valence-electron chi connectivity index (χ4n) is 1.60. The Kier molecular flexibility index (Phi) is 2.94. The minimum absolute atomic E-state index is 0.512. The van der Waals surface area contributed by atoms with Crippen molar-refractivity contribution in [1.29, 1.82) is 0 Å². The molecule has 2 heterocycles. The topological polar surface area (TPSA) is 48.7 Å². The monoisotopic (exact) mass is 221 g/mol. The standard InChI is InChI=1S/C11H15N3O2/c1-4-5-8-7-14-10(16-3)6-9(15-2)13-11(14)12-8/h6-7H,4-5H2,1-3H3. The summed E-state index contributed by atoms with van der Waals surface area (Å²) < 4.78 is 12.2. The molecule has 86 valence electrons. The van der Waals surface area contributed by atoms with Gasteiger partial charge in [0.05, 0.1) is 26.0 Å². The number of aryl methyl sites for hydroxylation is 1. The summed E-state index contributed by atoms with van der Waals surface area (Å²) in [4.78, 5) is 8.67. The second-order valence-electron chi connectivity index (χ2n) is 3.49. The highest BCUT2D eigenvalue weighted by molar-refractivity contribution is 5.39. The molecule has 0 aliphatic heterocycles. The molecule has 5 heteroatoms. The van der Waals surface area contributed by atoms with E-state index in [1.165, 1.54) is 0 Å². The van der Waals surface area contributed by atoms with Gasteiger partial charge in [0.1, 0.15) is 0 Å². The van der Waals surface area contributed by atoms with Crippen molar-refractivity contribution in [3.05, 3.63) is 18.0 Å². The van der Waals surface area contributed by atoms with Gasteiger partial charge in [-0.2, -0.15) is 4.98 Å². The summed E-state index contributed by atoms with van der Waals surface area (Å²) in [5.74, 6) is 1.80. The van der Waals surface area contributed by atoms with Crippen LogP contribution in [0, 0.1) is 0 Å². The zero-order valence-electron chi connectivity index (χ0n) is 9.73. The first-order valence-corrected chi connectivity index (χ1v) is 5.25. The SMILES string of the molecule is CCCc1cn2c(OC)cc(OC)nc2n1. The van der Waals surface area contributed by atoms with Crippen LogP contribution >= 0.6 is 0 Å². The average Bonchev–Trinajstić information content (AvgIpc) is 2.70. The first kappa shape index (κ1) is 10.7. The summed E-state index contributed by atoms with van der Waals surface area (Å²) in [6.07, 6.45) is 3.95. The Bertz CT molecular complexity index is 493. The zero-order valence-corrected chi connectivity index (χ0v) is 9.73. The quantitative estimate of drug-likeness (QED) is 0.788. The van der Waals surface area contributed by atoms with Crippen LogP contribution in [0.15, 0.2) is 12.3 Å². The van der Waals surface area contributed by atoms with Gasteiger partial charge in [-0.05, 0) is 6.42 Å². The van der Waals surface area contributed by atoms with E-state index in [9.17, 15) is 0 Å². The molecule has 2 rings (SSSR count). The highest BCUT2D eigenvalue weighted by Gasteiger charge is 2.09. The van der Waals surface area contributed by atoms with Gasteiger partial charge in [-0.25, -0.2) is 4.98 Å². The van der Waals surface area contributed by atoms with Crippen molar-refractivity contribution < 1.29 is 9.47 Å². The van der Waals surface area contributed by atoms with Crippen LogP contribution in [-0.2, 0) is 6.42 Å². The minimum Gasteiger partial charge on any atom is -0.482 e. The van der Waals surface area contributed by atoms with Crippen LogP contribution in [0.25, 0.3) is 5.78 Å². The number of nitrogens with zero attached hydrogens (tertiary/aromatic N) is 3. The van der Waals surface area contributed by atoms with Crippen LogP contribution in [0.4, 0.5) is 0 Å². The van der Waals surface area contributed by atoms with Crippen molar-refractivity contribution in [3.63, 3.8) is 0 Å². The van der Waals surface area contributed by atoms with Crippen molar-refractivity contribution in [2.75, 3.05) is 14.2 Å². The van der Waals surface area contributed by atoms with Crippen LogP contribution in [0.1, 0.15) is 19.0 Å². The number of ether oxygens (including phenoxy) is 2. The maximum absolute atomic E-state index is 5.26. The van der Waals surface area contributed by atoms with Crippen molar-refractivity contribution in [2.24, 2.45) is 0 Å². The smallest absolute Gasteiger partial charge is 0.240 e. The van der Waals surface area contributed by atoms with E-state index in [1.807, 2.05) is 10.6 Å². The van der Waals surface area contributed by atoms with E-state index in [2.05, 4.69) is 16.9 Å². The first-order chi connectivity index (χ1) is 7.78. The van der Waals surface area contributed by atoms with E-state index in [-0.39, 0.29) is 0 Å². The Morgan fingerprint density at radius 2 is 2.06 bits per heavy atom. The van der Waals surface area contributed by atoms with Gasteiger partial charge in [-0.3, -0.25) is 4.40 Å². The molecule has 0 bridgehead atoms. The second-order valence-corrected chi connectivity index (χ2v) is 3.49. The minimum atomic E-state index is 0.512. The highest BCUT2D eigenvalue weighted by Crippen LogP contribution is 2.20. The summed E-state index contributed by atoms with van der Waals surface area (Å²) >= 11 is 0. The number of rotatable bonds is 4. The molecule has 0 fully saturated rings. The number of aromatic nitrogens is 3. The molecule has 0 saturated carbocycles. The molecule has 0 N–H and O–H groups in total. The number of fused-ring (bicyclic) bond motifs is 1. The molecule has 2 aromatic heterocycles. The molecule has 2 aromatic rings. The first-order valence-electron chi connectivity index (χ1n) is 5.25. The van der Waals surface area contributed by atoms with Gasteiger partial charge < -0.3 is 9.47 Å². The molecule has 0 aliphatic rings. The maximum atomic E-state index is 5.26. The Balaban J connectivity index is 2.55.